The second kappa shape index (κ2) is 3.87. The predicted molar refractivity (Wildman–Crippen MR) is 44.0 cm³/mol. The van der Waals surface area contributed by atoms with E-state index in [1.54, 1.807) is 0 Å². The third-order valence-electron chi connectivity index (χ3n) is 1.16. The molecule has 1 atom stereocenters. The fourth-order valence-corrected chi connectivity index (χ4v) is 0.636. The van der Waals surface area contributed by atoms with Gasteiger partial charge in [0.1, 0.15) is 6.61 Å². The molecular formula is C7H11N3O2. The molecule has 66 valence electrons. The van der Waals surface area contributed by atoms with E-state index in [2.05, 4.69) is 9.97 Å². The standard InChI is InChI=1S/C7H11N3O2/c1-5(8)4-12-6-2-9-7(11)10-3-6/h2-3,5H,4,8H2,1H3,(H,9,10,11). The summed E-state index contributed by atoms with van der Waals surface area (Å²) in [5.74, 6) is 0.520. The topological polar surface area (TPSA) is 81.0 Å². The third kappa shape index (κ3) is 2.71. The monoisotopic (exact) mass is 169 g/mol. The fourth-order valence-electron chi connectivity index (χ4n) is 0.636. The van der Waals surface area contributed by atoms with Gasteiger partial charge in [-0.05, 0) is 6.92 Å². The first-order valence-electron chi connectivity index (χ1n) is 3.61. The zero-order chi connectivity index (χ0) is 8.97. The van der Waals surface area contributed by atoms with Crippen LogP contribution in [0.2, 0.25) is 0 Å². The van der Waals surface area contributed by atoms with Crippen molar-refractivity contribution in [1.29, 1.82) is 0 Å². The van der Waals surface area contributed by atoms with Gasteiger partial charge in [0, 0.05) is 12.2 Å². The van der Waals surface area contributed by atoms with Crippen LogP contribution in [0.15, 0.2) is 17.2 Å². The lowest BCUT2D eigenvalue weighted by molar-refractivity contribution is 0.293. The van der Waals surface area contributed by atoms with Crippen LogP contribution in [0.4, 0.5) is 0 Å². The smallest absolute Gasteiger partial charge is 0.345 e. The van der Waals surface area contributed by atoms with Crippen LogP contribution in [0.25, 0.3) is 0 Å². The van der Waals surface area contributed by atoms with Crippen molar-refractivity contribution in [1.82, 2.24) is 9.97 Å². The summed E-state index contributed by atoms with van der Waals surface area (Å²) in [7, 11) is 0. The lowest BCUT2D eigenvalue weighted by Gasteiger charge is -2.06. The molecule has 3 N–H and O–H groups in total. The fraction of sp³-hybridized carbons (Fsp3) is 0.429. The number of hydrogen-bond acceptors (Lipinski definition) is 4. The van der Waals surface area contributed by atoms with Gasteiger partial charge in [-0.15, -0.1) is 0 Å². The molecule has 1 rings (SSSR count). The minimum Gasteiger partial charge on any atom is -0.489 e. The Kier molecular flexibility index (Phi) is 2.82. The number of hydrogen-bond donors (Lipinski definition) is 2. The molecule has 0 aliphatic heterocycles. The van der Waals surface area contributed by atoms with E-state index in [4.69, 9.17) is 10.5 Å². The van der Waals surface area contributed by atoms with Gasteiger partial charge in [0.25, 0.3) is 0 Å². The van der Waals surface area contributed by atoms with Crippen molar-refractivity contribution in [3.63, 3.8) is 0 Å². The van der Waals surface area contributed by atoms with Gasteiger partial charge in [-0.2, -0.15) is 4.98 Å². The van der Waals surface area contributed by atoms with E-state index < -0.39 is 0 Å². The molecule has 1 unspecified atom stereocenters. The summed E-state index contributed by atoms with van der Waals surface area (Å²) in [6.07, 6.45) is 2.82. The van der Waals surface area contributed by atoms with E-state index >= 15 is 0 Å². The number of nitrogens with zero attached hydrogens (tertiary/aromatic N) is 1. The lowest BCUT2D eigenvalue weighted by Crippen LogP contribution is -2.24. The summed E-state index contributed by atoms with van der Waals surface area (Å²) in [6, 6.07) is -0.0306. The van der Waals surface area contributed by atoms with Crippen LogP contribution in [0.3, 0.4) is 0 Å². The molecule has 0 aliphatic carbocycles. The average molecular weight is 169 g/mol. The third-order valence-corrected chi connectivity index (χ3v) is 1.16. The maximum Gasteiger partial charge on any atom is 0.345 e. The Balaban J connectivity index is 2.53. The molecule has 0 spiro atoms. The largest absolute Gasteiger partial charge is 0.489 e. The highest BCUT2D eigenvalue weighted by molar-refractivity contribution is 5.09. The number of H-pyrrole nitrogens is 1. The van der Waals surface area contributed by atoms with Gasteiger partial charge < -0.3 is 15.5 Å². The van der Waals surface area contributed by atoms with Gasteiger partial charge in [-0.25, -0.2) is 4.79 Å². The molecule has 0 bridgehead atoms. The van der Waals surface area contributed by atoms with Crippen molar-refractivity contribution in [2.75, 3.05) is 6.61 Å². The Labute approximate surface area is 69.6 Å². The molecule has 12 heavy (non-hydrogen) atoms. The van der Waals surface area contributed by atoms with Gasteiger partial charge in [0.15, 0.2) is 5.75 Å². The van der Waals surface area contributed by atoms with Crippen molar-refractivity contribution in [3.8, 4) is 5.75 Å². The first-order chi connectivity index (χ1) is 5.68. The molecular weight excluding hydrogens is 158 g/mol. The van der Waals surface area contributed by atoms with Gasteiger partial charge in [0.05, 0.1) is 6.20 Å². The zero-order valence-corrected chi connectivity index (χ0v) is 6.78. The Morgan fingerprint density at radius 3 is 3.08 bits per heavy atom. The molecule has 0 saturated heterocycles. The van der Waals surface area contributed by atoms with Crippen LogP contribution in [0.1, 0.15) is 6.92 Å². The first-order valence-corrected chi connectivity index (χ1v) is 3.61. The minimum atomic E-state index is -0.386. The number of aromatic amines is 1. The molecule has 5 nitrogen and oxygen atoms in total. The van der Waals surface area contributed by atoms with Crippen LogP contribution < -0.4 is 16.2 Å². The van der Waals surface area contributed by atoms with Gasteiger partial charge in [-0.3, -0.25) is 0 Å². The Morgan fingerprint density at radius 1 is 1.83 bits per heavy atom. The van der Waals surface area contributed by atoms with E-state index in [1.807, 2.05) is 6.92 Å². The number of nitrogens with one attached hydrogen (secondary N) is 1. The van der Waals surface area contributed by atoms with Gasteiger partial charge in [-0.1, -0.05) is 0 Å². The van der Waals surface area contributed by atoms with Crippen molar-refractivity contribution in [3.05, 3.63) is 22.9 Å². The second-order valence-electron chi connectivity index (χ2n) is 2.54. The summed E-state index contributed by atoms with van der Waals surface area (Å²) in [5.41, 5.74) is 5.07. The zero-order valence-electron chi connectivity index (χ0n) is 6.78. The predicted octanol–water partition coefficient (Wildman–Crippen LogP) is -0.504. The van der Waals surface area contributed by atoms with E-state index in [-0.39, 0.29) is 11.7 Å². The van der Waals surface area contributed by atoms with Gasteiger partial charge in [0.2, 0.25) is 0 Å². The number of nitrogens with two attached hydrogens (primary N) is 1. The lowest BCUT2D eigenvalue weighted by atomic mass is 10.4. The summed E-state index contributed by atoms with van der Waals surface area (Å²) < 4.78 is 5.16. The van der Waals surface area contributed by atoms with E-state index in [1.165, 1.54) is 12.4 Å². The minimum absolute atomic E-state index is 0.0306. The average Bonchev–Trinajstić information content (AvgIpc) is 2.03. The maximum absolute atomic E-state index is 10.5. The summed E-state index contributed by atoms with van der Waals surface area (Å²) in [5, 5.41) is 0. The molecule has 1 heterocycles. The summed E-state index contributed by atoms with van der Waals surface area (Å²) in [6.45, 7) is 2.24. The molecule has 5 heteroatoms. The first kappa shape index (κ1) is 8.73. The molecule has 0 amide bonds. The van der Waals surface area contributed by atoms with Crippen molar-refractivity contribution in [2.24, 2.45) is 5.73 Å². The highest BCUT2D eigenvalue weighted by atomic mass is 16.5. The van der Waals surface area contributed by atoms with Crippen molar-refractivity contribution in [2.45, 2.75) is 13.0 Å². The van der Waals surface area contributed by atoms with Crippen LogP contribution >= 0.6 is 0 Å². The molecule has 0 radical (unpaired) electrons. The Bertz CT molecular complexity index is 274. The van der Waals surface area contributed by atoms with Crippen molar-refractivity contribution < 1.29 is 4.74 Å². The molecule has 0 aromatic carbocycles. The van der Waals surface area contributed by atoms with Crippen LogP contribution in [-0.2, 0) is 0 Å². The van der Waals surface area contributed by atoms with E-state index in [0.29, 0.717) is 12.4 Å². The molecule has 1 aromatic heterocycles. The Hall–Kier alpha value is -1.36. The van der Waals surface area contributed by atoms with Crippen LogP contribution in [-0.4, -0.2) is 22.6 Å². The van der Waals surface area contributed by atoms with Gasteiger partial charge >= 0.3 is 5.69 Å². The molecule has 0 aliphatic rings. The van der Waals surface area contributed by atoms with E-state index in [9.17, 15) is 4.79 Å². The number of ether oxygens (including phenoxy) is 1. The summed E-state index contributed by atoms with van der Waals surface area (Å²) >= 11 is 0. The summed E-state index contributed by atoms with van der Waals surface area (Å²) in [4.78, 5) is 16.4. The maximum atomic E-state index is 10.5. The molecule has 1 aromatic rings. The van der Waals surface area contributed by atoms with Crippen LogP contribution in [0, 0.1) is 0 Å². The molecule has 0 fully saturated rings. The highest BCUT2D eigenvalue weighted by Crippen LogP contribution is 2.02. The van der Waals surface area contributed by atoms with E-state index in [0.717, 1.165) is 0 Å². The van der Waals surface area contributed by atoms with Crippen LogP contribution in [0.5, 0.6) is 5.75 Å². The second-order valence-corrected chi connectivity index (χ2v) is 2.54. The van der Waals surface area contributed by atoms with Crippen molar-refractivity contribution >= 4 is 0 Å². The quantitative estimate of drug-likeness (QED) is 0.639. The highest BCUT2D eigenvalue weighted by Gasteiger charge is 1.96. The Morgan fingerprint density at radius 2 is 2.58 bits per heavy atom. The number of aromatic nitrogens is 2. The SMILES string of the molecule is CC(N)COc1cnc(=O)[nH]c1. The normalized spacial score (nSPS) is 12.5. The number of rotatable bonds is 3. The molecule has 0 saturated carbocycles.